The van der Waals surface area contributed by atoms with E-state index in [1.54, 1.807) is 16.9 Å². The zero-order chi connectivity index (χ0) is 17.3. The van der Waals surface area contributed by atoms with E-state index in [9.17, 15) is 9.59 Å². The van der Waals surface area contributed by atoms with Gasteiger partial charge in [-0.2, -0.15) is 10.2 Å². The number of anilines is 1. The first-order valence-corrected chi connectivity index (χ1v) is 7.34. The highest BCUT2D eigenvalue weighted by Crippen LogP contribution is 2.17. The minimum atomic E-state index is -1.01. The van der Waals surface area contributed by atoms with Crippen molar-refractivity contribution in [2.24, 2.45) is 0 Å². The number of nitrogens with one attached hydrogen (secondary N) is 1. The predicted octanol–water partition coefficient (Wildman–Crippen LogP) is 1.55. The lowest BCUT2D eigenvalue weighted by Crippen LogP contribution is -2.14. The van der Waals surface area contributed by atoms with Gasteiger partial charge in [-0.1, -0.05) is 0 Å². The van der Waals surface area contributed by atoms with Gasteiger partial charge in [-0.05, 0) is 19.9 Å². The van der Waals surface area contributed by atoms with Crippen molar-refractivity contribution in [1.29, 1.82) is 0 Å². The van der Waals surface area contributed by atoms with E-state index in [1.807, 2.05) is 13.8 Å². The summed E-state index contributed by atoms with van der Waals surface area (Å²) in [5.74, 6) is -1.10. The maximum absolute atomic E-state index is 12.3. The smallest absolute Gasteiger partial charge is 0.325 e. The van der Waals surface area contributed by atoms with Gasteiger partial charge >= 0.3 is 5.97 Å². The van der Waals surface area contributed by atoms with Crippen LogP contribution in [0.3, 0.4) is 0 Å². The molecule has 0 fully saturated rings. The third-order valence-electron chi connectivity index (χ3n) is 3.36. The van der Waals surface area contributed by atoms with Crippen LogP contribution in [0.25, 0.3) is 11.0 Å². The summed E-state index contributed by atoms with van der Waals surface area (Å²) in [4.78, 5) is 27.2. The number of hydrogen-bond donors (Lipinski definition) is 2. The number of carboxylic acids is 1. The van der Waals surface area contributed by atoms with Gasteiger partial charge in [-0.15, -0.1) is 0 Å². The molecular weight excluding hydrogens is 312 g/mol. The molecule has 0 saturated carbocycles. The number of carbonyl (C=O) groups excluding carboxylic acids is 1. The summed E-state index contributed by atoms with van der Waals surface area (Å²) in [6, 6.07) is 3.41. The Morgan fingerprint density at radius 3 is 2.83 bits per heavy atom. The minimum Gasteiger partial charge on any atom is -0.480 e. The van der Waals surface area contributed by atoms with Crippen LogP contribution in [0.4, 0.5) is 5.82 Å². The van der Waals surface area contributed by atoms with Crippen molar-refractivity contribution in [3.05, 3.63) is 36.3 Å². The average molecular weight is 328 g/mol. The number of rotatable bonds is 5. The van der Waals surface area contributed by atoms with Gasteiger partial charge in [0.05, 0.1) is 11.8 Å². The van der Waals surface area contributed by atoms with Crippen molar-refractivity contribution >= 4 is 28.7 Å². The maximum atomic E-state index is 12.3. The second-order valence-corrected chi connectivity index (χ2v) is 5.57. The predicted molar refractivity (Wildman–Crippen MR) is 85.7 cm³/mol. The minimum absolute atomic E-state index is 0.174. The first kappa shape index (κ1) is 15.7. The molecule has 3 aromatic rings. The fourth-order valence-corrected chi connectivity index (χ4v) is 2.29. The van der Waals surface area contributed by atoms with Crippen molar-refractivity contribution in [2.45, 2.75) is 26.4 Å². The number of aromatic nitrogens is 5. The molecule has 1 amide bonds. The molecule has 0 aliphatic rings. The zero-order valence-electron chi connectivity index (χ0n) is 13.2. The molecular formula is C15H16N6O3. The monoisotopic (exact) mass is 328 g/mol. The van der Waals surface area contributed by atoms with Gasteiger partial charge in [0.15, 0.2) is 11.5 Å². The molecule has 24 heavy (non-hydrogen) atoms. The van der Waals surface area contributed by atoms with E-state index in [0.29, 0.717) is 11.2 Å². The van der Waals surface area contributed by atoms with Gasteiger partial charge in [-0.25, -0.2) is 9.67 Å². The Morgan fingerprint density at radius 1 is 1.33 bits per heavy atom. The standard InChI is InChI=1S/C15H16N6O3/c1-9(2)21-14-10(7-17-21)5-11(6-16-14)15(24)18-12-3-4-20(19-12)8-13(22)23/h3-7,9H,8H2,1-2H3,(H,22,23)(H,18,19,24). The Kier molecular flexibility index (Phi) is 3.98. The summed E-state index contributed by atoms with van der Waals surface area (Å²) in [6.45, 7) is 3.74. The molecule has 0 aromatic carbocycles. The Morgan fingerprint density at radius 2 is 2.12 bits per heavy atom. The zero-order valence-corrected chi connectivity index (χ0v) is 13.2. The average Bonchev–Trinajstić information content (AvgIpc) is 3.12. The highest BCUT2D eigenvalue weighted by atomic mass is 16.4. The molecule has 3 heterocycles. The Balaban J connectivity index is 1.78. The summed E-state index contributed by atoms with van der Waals surface area (Å²) in [7, 11) is 0. The molecule has 3 aromatic heterocycles. The first-order valence-electron chi connectivity index (χ1n) is 7.34. The number of hydrogen-bond acceptors (Lipinski definition) is 5. The summed E-state index contributed by atoms with van der Waals surface area (Å²) in [5.41, 5.74) is 1.09. The SMILES string of the molecule is CC(C)n1ncc2cc(C(=O)Nc3ccn(CC(=O)O)n3)cnc21. The molecule has 0 unspecified atom stereocenters. The van der Waals surface area contributed by atoms with Crippen LogP contribution in [0.5, 0.6) is 0 Å². The molecule has 3 rings (SSSR count). The van der Waals surface area contributed by atoms with E-state index in [4.69, 9.17) is 5.11 Å². The lowest BCUT2D eigenvalue weighted by atomic mass is 10.2. The van der Waals surface area contributed by atoms with Crippen LogP contribution in [-0.4, -0.2) is 41.5 Å². The topological polar surface area (TPSA) is 115 Å². The molecule has 0 radical (unpaired) electrons. The third-order valence-corrected chi connectivity index (χ3v) is 3.36. The fraction of sp³-hybridized carbons (Fsp3) is 0.267. The molecule has 0 saturated heterocycles. The van der Waals surface area contributed by atoms with Crippen molar-refractivity contribution in [2.75, 3.05) is 5.32 Å². The molecule has 9 nitrogen and oxygen atoms in total. The van der Waals surface area contributed by atoms with Gasteiger partial charge in [0.25, 0.3) is 5.91 Å². The van der Waals surface area contributed by atoms with Gasteiger partial charge < -0.3 is 10.4 Å². The van der Waals surface area contributed by atoms with E-state index in [1.165, 1.54) is 23.1 Å². The Labute approximate surface area is 136 Å². The van der Waals surface area contributed by atoms with Crippen LogP contribution in [0.15, 0.2) is 30.7 Å². The van der Waals surface area contributed by atoms with Gasteiger partial charge in [-0.3, -0.25) is 14.3 Å². The Hall–Kier alpha value is -3.23. The van der Waals surface area contributed by atoms with Crippen LogP contribution < -0.4 is 5.32 Å². The lowest BCUT2D eigenvalue weighted by molar-refractivity contribution is -0.137. The number of pyridine rings is 1. The normalized spacial score (nSPS) is 11.1. The highest BCUT2D eigenvalue weighted by Gasteiger charge is 2.13. The van der Waals surface area contributed by atoms with E-state index in [0.717, 1.165) is 5.39 Å². The Bertz CT molecular complexity index is 911. The summed E-state index contributed by atoms with van der Waals surface area (Å²) in [6.07, 6.45) is 4.63. The van der Waals surface area contributed by atoms with Crippen molar-refractivity contribution in [3.8, 4) is 0 Å². The summed E-state index contributed by atoms with van der Waals surface area (Å²) >= 11 is 0. The third kappa shape index (κ3) is 3.09. The number of nitrogens with zero attached hydrogens (tertiary/aromatic N) is 5. The maximum Gasteiger partial charge on any atom is 0.325 e. The van der Waals surface area contributed by atoms with Crippen LogP contribution in [0.2, 0.25) is 0 Å². The highest BCUT2D eigenvalue weighted by molar-refractivity contribution is 6.05. The van der Waals surface area contributed by atoms with Gasteiger partial charge in [0.1, 0.15) is 6.54 Å². The number of carboxylic acid groups (broad SMARTS) is 1. The van der Waals surface area contributed by atoms with Crippen LogP contribution >= 0.6 is 0 Å². The van der Waals surface area contributed by atoms with E-state index >= 15 is 0 Å². The number of fused-ring (bicyclic) bond motifs is 1. The molecule has 0 aliphatic heterocycles. The largest absolute Gasteiger partial charge is 0.480 e. The molecule has 0 atom stereocenters. The number of amides is 1. The lowest BCUT2D eigenvalue weighted by Gasteiger charge is -2.06. The molecule has 0 bridgehead atoms. The summed E-state index contributed by atoms with van der Waals surface area (Å²) in [5, 5.41) is 20.3. The second kappa shape index (κ2) is 6.11. The molecule has 0 aliphatic carbocycles. The molecule has 124 valence electrons. The van der Waals surface area contributed by atoms with Crippen LogP contribution in [0, 0.1) is 0 Å². The summed E-state index contributed by atoms with van der Waals surface area (Å²) < 4.78 is 3.01. The van der Waals surface area contributed by atoms with Crippen LogP contribution in [0.1, 0.15) is 30.2 Å². The van der Waals surface area contributed by atoms with E-state index in [-0.39, 0.29) is 24.3 Å². The molecule has 2 N–H and O–H groups in total. The van der Waals surface area contributed by atoms with Crippen molar-refractivity contribution in [3.63, 3.8) is 0 Å². The number of aliphatic carboxylic acids is 1. The second-order valence-electron chi connectivity index (χ2n) is 5.57. The van der Waals surface area contributed by atoms with Gasteiger partial charge in [0.2, 0.25) is 0 Å². The van der Waals surface area contributed by atoms with Crippen molar-refractivity contribution < 1.29 is 14.7 Å². The molecule has 0 spiro atoms. The quantitative estimate of drug-likeness (QED) is 0.734. The first-order chi connectivity index (χ1) is 11.4. The van der Waals surface area contributed by atoms with Crippen LogP contribution in [-0.2, 0) is 11.3 Å². The molecule has 9 heteroatoms. The fourth-order valence-electron chi connectivity index (χ4n) is 2.29. The van der Waals surface area contributed by atoms with Crippen molar-refractivity contribution in [1.82, 2.24) is 24.5 Å². The van der Waals surface area contributed by atoms with Gasteiger partial charge in [0, 0.05) is 29.9 Å². The van der Waals surface area contributed by atoms with E-state index < -0.39 is 5.97 Å². The van der Waals surface area contributed by atoms with E-state index in [2.05, 4.69) is 20.5 Å². The number of carbonyl (C=O) groups is 2.